The number of nitrogens with zero attached hydrogens (tertiary/aromatic N) is 2. The van der Waals surface area contributed by atoms with E-state index in [1.807, 2.05) is 17.9 Å². The fourth-order valence-electron chi connectivity index (χ4n) is 2.20. The Balaban J connectivity index is 2.39. The van der Waals surface area contributed by atoms with E-state index in [-0.39, 0.29) is 0 Å². The molecule has 0 aliphatic rings. The van der Waals surface area contributed by atoms with E-state index in [1.54, 1.807) is 0 Å². The van der Waals surface area contributed by atoms with Gasteiger partial charge in [0.05, 0.1) is 6.20 Å². The fraction of sp³-hybridized carbons (Fsp3) is 0.769. The van der Waals surface area contributed by atoms with Crippen LogP contribution in [0.2, 0.25) is 0 Å². The number of aromatic nitrogens is 2. The molecule has 3 nitrogen and oxygen atoms in total. The van der Waals surface area contributed by atoms with Crippen LogP contribution in [0.1, 0.15) is 45.6 Å². The molecule has 1 aromatic rings. The van der Waals surface area contributed by atoms with Gasteiger partial charge in [0.1, 0.15) is 0 Å². The first kappa shape index (κ1) is 13.2. The van der Waals surface area contributed by atoms with Crippen LogP contribution in [0, 0.1) is 0 Å². The third-order valence-electron chi connectivity index (χ3n) is 3.70. The summed E-state index contributed by atoms with van der Waals surface area (Å²) in [5, 5.41) is 7.88. The van der Waals surface area contributed by atoms with Gasteiger partial charge in [-0.15, -0.1) is 0 Å². The van der Waals surface area contributed by atoms with Crippen LogP contribution in [0.4, 0.5) is 0 Å². The Bertz CT molecular complexity index is 292. The molecular weight excluding hydrogens is 198 g/mol. The van der Waals surface area contributed by atoms with E-state index in [4.69, 9.17) is 0 Å². The maximum atomic E-state index is 4.18. The average molecular weight is 223 g/mol. The third-order valence-corrected chi connectivity index (χ3v) is 3.70. The van der Waals surface area contributed by atoms with Crippen LogP contribution in [0.3, 0.4) is 0 Å². The van der Waals surface area contributed by atoms with Gasteiger partial charge in [0.15, 0.2) is 0 Å². The SMILES string of the molecule is CCC(CC)(CC)NCCc1cnn(C)c1. The molecule has 0 bridgehead atoms. The second-order valence-electron chi connectivity index (χ2n) is 4.54. The minimum absolute atomic E-state index is 0.336. The zero-order chi connectivity index (χ0) is 12.0. The van der Waals surface area contributed by atoms with Gasteiger partial charge in [-0.05, 0) is 37.8 Å². The predicted molar refractivity (Wildman–Crippen MR) is 68.5 cm³/mol. The van der Waals surface area contributed by atoms with Crippen molar-refractivity contribution < 1.29 is 0 Å². The highest BCUT2D eigenvalue weighted by atomic mass is 15.2. The molecular formula is C13H25N3. The first-order valence-electron chi connectivity index (χ1n) is 6.38. The Hall–Kier alpha value is -0.830. The molecule has 0 saturated carbocycles. The standard InChI is InChI=1S/C13H25N3/c1-5-13(6-2,7-3)14-9-8-12-10-15-16(4)11-12/h10-11,14H,5-9H2,1-4H3. The third kappa shape index (κ3) is 3.34. The molecule has 16 heavy (non-hydrogen) atoms. The van der Waals surface area contributed by atoms with Crippen LogP contribution < -0.4 is 5.32 Å². The Morgan fingerprint density at radius 1 is 1.25 bits per heavy atom. The first-order chi connectivity index (χ1) is 7.65. The lowest BCUT2D eigenvalue weighted by molar-refractivity contribution is 0.292. The van der Waals surface area contributed by atoms with Gasteiger partial charge in [-0.25, -0.2) is 0 Å². The Labute approximate surface area is 99.2 Å². The van der Waals surface area contributed by atoms with E-state index in [2.05, 4.69) is 37.4 Å². The molecule has 1 aromatic heterocycles. The topological polar surface area (TPSA) is 29.9 Å². The predicted octanol–water partition coefficient (Wildman–Crippen LogP) is 2.52. The minimum atomic E-state index is 0.336. The summed E-state index contributed by atoms with van der Waals surface area (Å²) < 4.78 is 1.86. The smallest absolute Gasteiger partial charge is 0.0522 e. The van der Waals surface area contributed by atoms with Gasteiger partial charge >= 0.3 is 0 Å². The molecule has 0 aliphatic heterocycles. The van der Waals surface area contributed by atoms with Crippen molar-refractivity contribution in [1.29, 1.82) is 0 Å². The van der Waals surface area contributed by atoms with Crippen molar-refractivity contribution in [3.63, 3.8) is 0 Å². The molecule has 0 radical (unpaired) electrons. The molecule has 0 atom stereocenters. The van der Waals surface area contributed by atoms with E-state index < -0.39 is 0 Å². The molecule has 1 N–H and O–H groups in total. The molecule has 0 saturated heterocycles. The summed E-state index contributed by atoms with van der Waals surface area (Å²) in [6.45, 7) is 7.85. The minimum Gasteiger partial charge on any atom is -0.311 e. The van der Waals surface area contributed by atoms with Crippen LogP contribution in [-0.4, -0.2) is 21.9 Å². The van der Waals surface area contributed by atoms with E-state index in [0.717, 1.165) is 13.0 Å². The highest BCUT2D eigenvalue weighted by Gasteiger charge is 2.22. The molecule has 0 spiro atoms. The first-order valence-corrected chi connectivity index (χ1v) is 6.38. The van der Waals surface area contributed by atoms with Crippen molar-refractivity contribution in [2.24, 2.45) is 7.05 Å². The summed E-state index contributed by atoms with van der Waals surface area (Å²) in [7, 11) is 1.96. The monoisotopic (exact) mass is 223 g/mol. The van der Waals surface area contributed by atoms with E-state index in [0.29, 0.717) is 5.54 Å². The lowest BCUT2D eigenvalue weighted by atomic mass is 9.89. The molecule has 0 unspecified atom stereocenters. The van der Waals surface area contributed by atoms with Crippen molar-refractivity contribution in [2.45, 2.75) is 52.0 Å². The second-order valence-corrected chi connectivity index (χ2v) is 4.54. The van der Waals surface area contributed by atoms with Gasteiger partial charge in [0.2, 0.25) is 0 Å². The highest BCUT2D eigenvalue weighted by molar-refractivity contribution is 5.04. The normalized spacial score (nSPS) is 12.0. The van der Waals surface area contributed by atoms with Crippen molar-refractivity contribution in [1.82, 2.24) is 15.1 Å². The summed E-state index contributed by atoms with van der Waals surface area (Å²) in [6.07, 6.45) is 8.71. The number of nitrogens with one attached hydrogen (secondary N) is 1. The lowest BCUT2D eigenvalue weighted by Gasteiger charge is -2.32. The molecule has 3 heteroatoms. The maximum Gasteiger partial charge on any atom is 0.0522 e. The van der Waals surface area contributed by atoms with Crippen molar-refractivity contribution in [2.75, 3.05) is 6.54 Å². The molecule has 0 aromatic carbocycles. The van der Waals surface area contributed by atoms with Crippen molar-refractivity contribution in [3.05, 3.63) is 18.0 Å². The van der Waals surface area contributed by atoms with Gasteiger partial charge in [0.25, 0.3) is 0 Å². The molecule has 1 rings (SSSR count). The van der Waals surface area contributed by atoms with Crippen molar-refractivity contribution in [3.8, 4) is 0 Å². The van der Waals surface area contributed by atoms with E-state index in [9.17, 15) is 0 Å². The quantitative estimate of drug-likeness (QED) is 0.770. The molecule has 0 fully saturated rings. The molecule has 92 valence electrons. The van der Waals surface area contributed by atoms with Gasteiger partial charge < -0.3 is 5.32 Å². The summed E-state index contributed by atoms with van der Waals surface area (Å²) in [5.74, 6) is 0. The number of aryl methyl sites for hydroxylation is 1. The van der Waals surface area contributed by atoms with E-state index in [1.165, 1.54) is 24.8 Å². The summed E-state index contributed by atoms with van der Waals surface area (Å²) >= 11 is 0. The zero-order valence-electron chi connectivity index (χ0n) is 11.1. The van der Waals surface area contributed by atoms with Crippen LogP contribution >= 0.6 is 0 Å². The van der Waals surface area contributed by atoms with Crippen LogP contribution in [-0.2, 0) is 13.5 Å². The van der Waals surface area contributed by atoms with Crippen LogP contribution in [0.15, 0.2) is 12.4 Å². The molecule has 1 heterocycles. The zero-order valence-corrected chi connectivity index (χ0v) is 11.1. The summed E-state index contributed by atoms with van der Waals surface area (Å²) in [5.41, 5.74) is 1.65. The number of hydrogen-bond acceptors (Lipinski definition) is 2. The average Bonchev–Trinajstić information content (AvgIpc) is 2.71. The van der Waals surface area contributed by atoms with Gasteiger partial charge in [-0.2, -0.15) is 5.10 Å². The maximum absolute atomic E-state index is 4.18. The Kier molecular flexibility index (Phi) is 5.00. The Morgan fingerprint density at radius 3 is 2.31 bits per heavy atom. The molecule has 0 aliphatic carbocycles. The fourth-order valence-corrected chi connectivity index (χ4v) is 2.20. The Morgan fingerprint density at radius 2 is 1.88 bits per heavy atom. The lowest BCUT2D eigenvalue weighted by Crippen LogP contribution is -2.44. The molecule has 0 amide bonds. The highest BCUT2D eigenvalue weighted by Crippen LogP contribution is 2.18. The van der Waals surface area contributed by atoms with Gasteiger partial charge in [0, 0.05) is 18.8 Å². The van der Waals surface area contributed by atoms with Gasteiger partial charge in [-0.3, -0.25) is 4.68 Å². The largest absolute Gasteiger partial charge is 0.311 e. The second kappa shape index (κ2) is 6.04. The van der Waals surface area contributed by atoms with E-state index >= 15 is 0 Å². The summed E-state index contributed by atoms with van der Waals surface area (Å²) in [4.78, 5) is 0. The summed E-state index contributed by atoms with van der Waals surface area (Å²) in [6, 6.07) is 0. The van der Waals surface area contributed by atoms with Crippen molar-refractivity contribution >= 4 is 0 Å². The van der Waals surface area contributed by atoms with Crippen LogP contribution in [0.25, 0.3) is 0 Å². The number of hydrogen-bond donors (Lipinski definition) is 1. The number of rotatable bonds is 7. The van der Waals surface area contributed by atoms with Gasteiger partial charge in [-0.1, -0.05) is 20.8 Å². The van der Waals surface area contributed by atoms with Crippen LogP contribution in [0.5, 0.6) is 0 Å².